The third kappa shape index (κ3) is 5.79. The van der Waals surface area contributed by atoms with Gasteiger partial charge in [0, 0.05) is 29.5 Å². The van der Waals surface area contributed by atoms with Crippen molar-refractivity contribution in [3.05, 3.63) is 34.3 Å². The molecular weight excluding hydrogens is 344 g/mol. The summed E-state index contributed by atoms with van der Waals surface area (Å²) in [6.07, 6.45) is 6.66. The number of rotatable bonds is 6. The minimum atomic E-state index is -0.146. The second-order valence-electron chi connectivity index (χ2n) is 5.82. The Morgan fingerprint density at radius 2 is 1.73 bits per heavy atom. The highest BCUT2D eigenvalue weighted by atomic mass is 79.9. The highest BCUT2D eigenvalue weighted by Gasteiger charge is 2.14. The average molecular weight is 367 g/mol. The standard InChI is InChI=1S/C17H23BrN2O2/c18-15-8-6-14(7-9-15)17(22)19-11-10-16(21)20-12-13-4-2-1-3-5-13/h6-9,13H,1-5,10-12H2,(H,19,22)(H,20,21). The molecule has 1 fully saturated rings. The molecule has 1 aliphatic rings. The maximum Gasteiger partial charge on any atom is 0.251 e. The molecule has 120 valence electrons. The number of nitrogens with one attached hydrogen (secondary N) is 2. The van der Waals surface area contributed by atoms with Crippen LogP contribution in [-0.4, -0.2) is 24.9 Å². The Balaban J connectivity index is 1.61. The minimum Gasteiger partial charge on any atom is -0.356 e. The van der Waals surface area contributed by atoms with Crippen LogP contribution in [-0.2, 0) is 4.79 Å². The lowest BCUT2D eigenvalue weighted by Crippen LogP contribution is -2.33. The first kappa shape index (κ1) is 17.0. The van der Waals surface area contributed by atoms with Crippen LogP contribution in [0.4, 0.5) is 0 Å². The SMILES string of the molecule is O=C(CCNC(=O)c1ccc(Br)cc1)NCC1CCCCC1. The minimum absolute atomic E-state index is 0.0154. The first-order valence-corrected chi connectivity index (χ1v) is 8.75. The van der Waals surface area contributed by atoms with Crippen molar-refractivity contribution in [3.63, 3.8) is 0 Å². The number of hydrogen-bond acceptors (Lipinski definition) is 2. The first-order chi connectivity index (χ1) is 10.6. The van der Waals surface area contributed by atoms with Crippen molar-refractivity contribution in [3.8, 4) is 0 Å². The van der Waals surface area contributed by atoms with Crippen molar-refractivity contribution >= 4 is 27.7 Å². The normalized spacial score (nSPS) is 15.3. The van der Waals surface area contributed by atoms with E-state index in [0.29, 0.717) is 24.4 Å². The topological polar surface area (TPSA) is 58.2 Å². The number of amides is 2. The largest absolute Gasteiger partial charge is 0.356 e. The number of benzene rings is 1. The molecular formula is C17H23BrN2O2. The van der Waals surface area contributed by atoms with Crippen LogP contribution in [0.1, 0.15) is 48.9 Å². The Hall–Kier alpha value is -1.36. The van der Waals surface area contributed by atoms with Gasteiger partial charge in [0.2, 0.25) is 5.91 Å². The van der Waals surface area contributed by atoms with Gasteiger partial charge in [-0.15, -0.1) is 0 Å². The number of carbonyl (C=O) groups is 2. The van der Waals surface area contributed by atoms with Crippen molar-refractivity contribution in [1.29, 1.82) is 0 Å². The van der Waals surface area contributed by atoms with Gasteiger partial charge in [-0.25, -0.2) is 0 Å². The average Bonchev–Trinajstić information content (AvgIpc) is 2.54. The lowest BCUT2D eigenvalue weighted by molar-refractivity contribution is -0.121. The molecule has 0 bridgehead atoms. The molecule has 0 radical (unpaired) electrons. The van der Waals surface area contributed by atoms with Crippen molar-refractivity contribution in [2.45, 2.75) is 38.5 Å². The van der Waals surface area contributed by atoms with Gasteiger partial charge < -0.3 is 10.6 Å². The third-order valence-electron chi connectivity index (χ3n) is 4.06. The summed E-state index contributed by atoms with van der Waals surface area (Å²) < 4.78 is 0.936. The summed E-state index contributed by atoms with van der Waals surface area (Å²) in [6, 6.07) is 7.16. The number of hydrogen-bond donors (Lipinski definition) is 2. The van der Waals surface area contributed by atoms with E-state index in [4.69, 9.17) is 0 Å². The molecule has 1 saturated carbocycles. The van der Waals surface area contributed by atoms with Crippen LogP contribution in [0.2, 0.25) is 0 Å². The third-order valence-corrected chi connectivity index (χ3v) is 4.59. The fourth-order valence-corrected chi connectivity index (χ4v) is 3.00. The highest BCUT2D eigenvalue weighted by Crippen LogP contribution is 2.22. The van der Waals surface area contributed by atoms with E-state index in [9.17, 15) is 9.59 Å². The summed E-state index contributed by atoms with van der Waals surface area (Å²) in [5, 5.41) is 5.75. The molecule has 1 aliphatic carbocycles. The smallest absolute Gasteiger partial charge is 0.251 e. The van der Waals surface area contributed by atoms with E-state index in [-0.39, 0.29) is 11.8 Å². The predicted octanol–water partition coefficient (Wildman–Crippen LogP) is 3.27. The van der Waals surface area contributed by atoms with Gasteiger partial charge in [0.15, 0.2) is 0 Å². The Morgan fingerprint density at radius 1 is 1.05 bits per heavy atom. The van der Waals surface area contributed by atoms with Crippen LogP contribution in [0.5, 0.6) is 0 Å². The van der Waals surface area contributed by atoms with Crippen LogP contribution in [0, 0.1) is 5.92 Å². The Kier molecular flexibility index (Phi) is 6.90. The number of halogens is 1. The lowest BCUT2D eigenvalue weighted by Gasteiger charge is -2.21. The van der Waals surface area contributed by atoms with Gasteiger partial charge in [-0.2, -0.15) is 0 Å². The molecule has 2 rings (SSSR count). The highest BCUT2D eigenvalue weighted by molar-refractivity contribution is 9.10. The molecule has 0 spiro atoms. The van der Waals surface area contributed by atoms with Crippen LogP contribution < -0.4 is 10.6 Å². The molecule has 0 saturated heterocycles. The summed E-state index contributed by atoms with van der Waals surface area (Å²) in [4.78, 5) is 23.7. The maximum atomic E-state index is 11.9. The van der Waals surface area contributed by atoms with Gasteiger partial charge in [0.05, 0.1) is 0 Å². The Bertz CT molecular complexity index is 496. The fraction of sp³-hybridized carbons (Fsp3) is 0.529. The predicted molar refractivity (Wildman–Crippen MR) is 90.7 cm³/mol. The van der Waals surface area contributed by atoms with Gasteiger partial charge >= 0.3 is 0 Å². The van der Waals surface area contributed by atoms with E-state index < -0.39 is 0 Å². The van der Waals surface area contributed by atoms with E-state index in [1.54, 1.807) is 12.1 Å². The summed E-state index contributed by atoms with van der Waals surface area (Å²) in [5.41, 5.74) is 0.603. The quantitative estimate of drug-likeness (QED) is 0.811. The van der Waals surface area contributed by atoms with Gasteiger partial charge in [0.25, 0.3) is 5.91 Å². The van der Waals surface area contributed by atoms with Crippen molar-refractivity contribution < 1.29 is 9.59 Å². The van der Waals surface area contributed by atoms with Crippen molar-refractivity contribution in [2.24, 2.45) is 5.92 Å². The van der Waals surface area contributed by atoms with Crippen molar-refractivity contribution in [2.75, 3.05) is 13.1 Å². The van der Waals surface area contributed by atoms with E-state index in [2.05, 4.69) is 26.6 Å². The molecule has 2 N–H and O–H groups in total. The van der Waals surface area contributed by atoms with Crippen LogP contribution in [0.15, 0.2) is 28.7 Å². The molecule has 1 aromatic carbocycles. The monoisotopic (exact) mass is 366 g/mol. The van der Waals surface area contributed by atoms with Crippen LogP contribution >= 0.6 is 15.9 Å². The fourth-order valence-electron chi connectivity index (χ4n) is 2.73. The van der Waals surface area contributed by atoms with E-state index in [1.165, 1.54) is 32.1 Å². The van der Waals surface area contributed by atoms with Gasteiger partial charge in [-0.1, -0.05) is 35.2 Å². The molecule has 0 atom stereocenters. The second-order valence-corrected chi connectivity index (χ2v) is 6.74. The summed E-state index contributed by atoms with van der Waals surface area (Å²) in [7, 11) is 0. The maximum absolute atomic E-state index is 11.9. The zero-order chi connectivity index (χ0) is 15.8. The first-order valence-electron chi connectivity index (χ1n) is 7.95. The summed E-state index contributed by atoms with van der Waals surface area (Å²) in [6.45, 7) is 1.14. The lowest BCUT2D eigenvalue weighted by atomic mass is 9.89. The summed E-state index contributed by atoms with van der Waals surface area (Å²) >= 11 is 3.33. The van der Waals surface area contributed by atoms with Crippen LogP contribution in [0.25, 0.3) is 0 Å². The molecule has 1 aromatic rings. The van der Waals surface area contributed by atoms with Gasteiger partial charge in [-0.05, 0) is 43.0 Å². The molecule has 4 nitrogen and oxygen atoms in total. The number of carbonyl (C=O) groups excluding carboxylic acids is 2. The molecule has 2 amide bonds. The molecule has 0 heterocycles. The Morgan fingerprint density at radius 3 is 2.41 bits per heavy atom. The molecule has 0 unspecified atom stereocenters. The van der Waals surface area contributed by atoms with E-state index >= 15 is 0 Å². The Labute approximate surface area is 140 Å². The summed E-state index contributed by atoms with van der Waals surface area (Å²) in [5.74, 6) is 0.504. The molecule has 0 aromatic heterocycles. The zero-order valence-electron chi connectivity index (χ0n) is 12.7. The van der Waals surface area contributed by atoms with Crippen molar-refractivity contribution in [1.82, 2.24) is 10.6 Å². The zero-order valence-corrected chi connectivity index (χ0v) is 14.3. The molecule has 5 heteroatoms. The van der Waals surface area contributed by atoms with E-state index in [1.807, 2.05) is 12.1 Å². The van der Waals surface area contributed by atoms with Crippen LogP contribution in [0.3, 0.4) is 0 Å². The second kappa shape index (κ2) is 8.93. The molecule has 0 aliphatic heterocycles. The van der Waals surface area contributed by atoms with E-state index in [0.717, 1.165) is 11.0 Å². The van der Waals surface area contributed by atoms with Gasteiger partial charge in [0.1, 0.15) is 0 Å². The van der Waals surface area contributed by atoms with Gasteiger partial charge in [-0.3, -0.25) is 9.59 Å². The molecule has 22 heavy (non-hydrogen) atoms.